The van der Waals surface area contributed by atoms with Crippen molar-refractivity contribution in [1.82, 2.24) is 4.90 Å². The highest BCUT2D eigenvalue weighted by molar-refractivity contribution is 6.22. The first-order chi connectivity index (χ1) is 14.3. The number of imide groups is 1. The summed E-state index contributed by atoms with van der Waals surface area (Å²) in [6.07, 6.45) is 1.52. The third-order valence-corrected chi connectivity index (χ3v) is 4.67. The van der Waals surface area contributed by atoms with Crippen LogP contribution in [0.2, 0.25) is 0 Å². The van der Waals surface area contributed by atoms with Crippen molar-refractivity contribution in [3.8, 4) is 0 Å². The van der Waals surface area contributed by atoms with Gasteiger partial charge in [0, 0.05) is 6.54 Å². The number of unbranched alkanes of at least 4 members (excludes halogenated alkanes) is 1. The van der Waals surface area contributed by atoms with Crippen molar-refractivity contribution < 1.29 is 28.3 Å². The molecule has 1 aliphatic rings. The molecule has 2 aromatic rings. The van der Waals surface area contributed by atoms with Crippen LogP contribution in [0.15, 0.2) is 36.4 Å². The SMILES string of the molecule is CCCCN1C(=O)c2ccc(C(=O)OCC(=O)Nc3ccc(C)cc3F)cc2C1=O. The molecule has 0 radical (unpaired) electrons. The van der Waals surface area contributed by atoms with Gasteiger partial charge in [-0.2, -0.15) is 0 Å². The van der Waals surface area contributed by atoms with Crippen LogP contribution in [0.4, 0.5) is 10.1 Å². The summed E-state index contributed by atoms with van der Waals surface area (Å²) in [5, 5.41) is 2.33. The zero-order chi connectivity index (χ0) is 21.8. The standard InChI is InChI=1S/C22H21FN2O5/c1-3-4-9-25-20(27)15-7-6-14(11-16(15)21(25)28)22(29)30-12-19(26)24-18-8-5-13(2)10-17(18)23/h5-8,10-11H,3-4,9,12H2,1-2H3,(H,24,26). The first-order valence-corrected chi connectivity index (χ1v) is 9.55. The number of ether oxygens (including phenoxy) is 1. The zero-order valence-corrected chi connectivity index (χ0v) is 16.7. The molecule has 1 heterocycles. The molecule has 0 saturated heterocycles. The van der Waals surface area contributed by atoms with Gasteiger partial charge in [-0.3, -0.25) is 19.3 Å². The minimum atomic E-state index is -0.829. The second kappa shape index (κ2) is 8.86. The van der Waals surface area contributed by atoms with Crippen molar-refractivity contribution in [2.24, 2.45) is 0 Å². The van der Waals surface area contributed by atoms with Crippen LogP contribution in [-0.2, 0) is 9.53 Å². The predicted octanol–water partition coefficient (Wildman–Crippen LogP) is 3.33. The van der Waals surface area contributed by atoms with E-state index in [9.17, 15) is 23.6 Å². The molecule has 156 valence electrons. The number of nitrogens with one attached hydrogen (secondary N) is 1. The van der Waals surface area contributed by atoms with E-state index in [0.29, 0.717) is 18.5 Å². The molecule has 0 bridgehead atoms. The molecule has 3 amide bonds. The molecule has 0 atom stereocenters. The topological polar surface area (TPSA) is 92.8 Å². The average Bonchev–Trinajstić information content (AvgIpc) is 2.96. The maximum Gasteiger partial charge on any atom is 0.338 e. The smallest absolute Gasteiger partial charge is 0.338 e. The predicted molar refractivity (Wildman–Crippen MR) is 107 cm³/mol. The van der Waals surface area contributed by atoms with E-state index < -0.39 is 30.2 Å². The number of hydrogen-bond acceptors (Lipinski definition) is 5. The molecule has 0 aromatic heterocycles. The van der Waals surface area contributed by atoms with E-state index in [4.69, 9.17) is 4.74 Å². The van der Waals surface area contributed by atoms with Crippen molar-refractivity contribution in [3.63, 3.8) is 0 Å². The third-order valence-electron chi connectivity index (χ3n) is 4.67. The van der Waals surface area contributed by atoms with Gasteiger partial charge in [-0.15, -0.1) is 0 Å². The first kappa shape index (κ1) is 21.2. The number of rotatable bonds is 7. The second-order valence-electron chi connectivity index (χ2n) is 6.98. The summed E-state index contributed by atoms with van der Waals surface area (Å²) in [6.45, 7) is 3.36. The van der Waals surface area contributed by atoms with Crippen molar-refractivity contribution in [1.29, 1.82) is 0 Å². The van der Waals surface area contributed by atoms with Gasteiger partial charge in [-0.25, -0.2) is 9.18 Å². The van der Waals surface area contributed by atoms with E-state index in [-0.39, 0.29) is 28.3 Å². The molecular weight excluding hydrogens is 391 g/mol. The van der Waals surface area contributed by atoms with Gasteiger partial charge in [0.15, 0.2) is 6.61 Å². The van der Waals surface area contributed by atoms with E-state index >= 15 is 0 Å². The quantitative estimate of drug-likeness (QED) is 0.556. The number of esters is 1. The number of nitrogens with zero attached hydrogens (tertiary/aromatic N) is 1. The fourth-order valence-corrected chi connectivity index (χ4v) is 3.06. The Bertz CT molecular complexity index is 1030. The van der Waals surface area contributed by atoms with Crippen LogP contribution >= 0.6 is 0 Å². The minimum absolute atomic E-state index is 0.0181. The number of anilines is 1. The fraction of sp³-hybridized carbons (Fsp3) is 0.273. The summed E-state index contributed by atoms with van der Waals surface area (Å²) in [4.78, 5) is 50.2. The van der Waals surface area contributed by atoms with Crippen LogP contribution in [0.3, 0.4) is 0 Å². The highest BCUT2D eigenvalue weighted by Gasteiger charge is 2.35. The monoisotopic (exact) mass is 412 g/mol. The molecule has 0 spiro atoms. The normalized spacial score (nSPS) is 12.7. The number of hydrogen-bond donors (Lipinski definition) is 1. The molecule has 7 nitrogen and oxygen atoms in total. The molecule has 0 aliphatic carbocycles. The Hall–Kier alpha value is -3.55. The van der Waals surface area contributed by atoms with Crippen LogP contribution < -0.4 is 5.32 Å². The highest BCUT2D eigenvalue weighted by atomic mass is 19.1. The second-order valence-corrected chi connectivity index (χ2v) is 6.98. The van der Waals surface area contributed by atoms with E-state index in [0.717, 1.165) is 11.3 Å². The van der Waals surface area contributed by atoms with Gasteiger partial charge in [0.1, 0.15) is 5.82 Å². The molecule has 0 unspecified atom stereocenters. The molecule has 0 fully saturated rings. The number of halogens is 1. The molecule has 8 heteroatoms. The van der Waals surface area contributed by atoms with Crippen LogP contribution in [-0.4, -0.2) is 41.7 Å². The summed E-state index contributed by atoms with van der Waals surface area (Å²) in [6, 6.07) is 8.39. The molecular formula is C22H21FN2O5. The molecule has 3 rings (SSSR count). The summed E-state index contributed by atoms with van der Waals surface area (Å²) in [5.74, 6) is -2.97. The molecule has 30 heavy (non-hydrogen) atoms. The summed E-state index contributed by atoms with van der Waals surface area (Å²) in [7, 11) is 0. The Morgan fingerprint density at radius 1 is 1.07 bits per heavy atom. The lowest BCUT2D eigenvalue weighted by atomic mass is 10.1. The van der Waals surface area contributed by atoms with E-state index in [1.54, 1.807) is 13.0 Å². The number of carbonyl (C=O) groups excluding carboxylic acids is 4. The number of amides is 3. The lowest BCUT2D eigenvalue weighted by Gasteiger charge is -2.12. The number of carbonyl (C=O) groups is 4. The minimum Gasteiger partial charge on any atom is -0.452 e. The maximum absolute atomic E-state index is 13.8. The lowest BCUT2D eigenvalue weighted by Crippen LogP contribution is -2.30. The Balaban J connectivity index is 1.63. The van der Waals surface area contributed by atoms with Gasteiger partial charge < -0.3 is 10.1 Å². The summed E-state index contributed by atoms with van der Waals surface area (Å²) < 4.78 is 18.7. The van der Waals surface area contributed by atoms with Crippen molar-refractivity contribution >= 4 is 29.4 Å². The van der Waals surface area contributed by atoms with Crippen LogP contribution in [0.1, 0.15) is 56.4 Å². The Kier molecular flexibility index (Phi) is 6.25. The molecule has 1 N–H and O–H groups in total. The first-order valence-electron chi connectivity index (χ1n) is 9.55. The van der Waals surface area contributed by atoms with Crippen LogP contribution in [0.25, 0.3) is 0 Å². The Morgan fingerprint density at radius 3 is 2.50 bits per heavy atom. The van der Waals surface area contributed by atoms with Crippen LogP contribution in [0.5, 0.6) is 0 Å². The largest absolute Gasteiger partial charge is 0.452 e. The Morgan fingerprint density at radius 2 is 1.80 bits per heavy atom. The molecule has 1 aliphatic heterocycles. The number of benzene rings is 2. The van der Waals surface area contributed by atoms with Gasteiger partial charge in [0.2, 0.25) is 0 Å². The summed E-state index contributed by atoms with van der Waals surface area (Å²) >= 11 is 0. The fourth-order valence-electron chi connectivity index (χ4n) is 3.06. The third kappa shape index (κ3) is 4.37. The molecule has 0 saturated carbocycles. The Labute approximate surface area is 172 Å². The maximum atomic E-state index is 13.8. The molecule has 2 aromatic carbocycles. The lowest BCUT2D eigenvalue weighted by molar-refractivity contribution is -0.119. The zero-order valence-electron chi connectivity index (χ0n) is 16.7. The summed E-state index contributed by atoms with van der Waals surface area (Å²) in [5.41, 5.74) is 1.10. The highest BCUT2D eigenvalue weighted by Crippen LogP contribution is 2.24. The van der Waals surface area contributed by atoms with Crippen molar-refractivity contribution in [3.05, 3.63) is 64.5 Å². The van der Waals surface area contributed by atoms with E-state index in [1.165, 1.54) is 30.3 Å². The van der Waals surface area contributed by atoms with Crippen molar-refractivity contribution in [2.75, 3.05) is 18.5 Å². The van der Waals surface area contributed by atoms with Gasteiger partial charge in [0.25, 0.3) is 17.7 Å². The number of aryl methyl sites for hydroxylation is 1. The number of fused-ring (bicyclic) bond motifs is 1. The average molecular weight is 412 g/mol. The van der Waals surface area contributed by atoms with Gasteiger partial charge in [0.05, 0.1) is 22.4 Å². The van der Waals surface area contributed by atoms with Gasteiger partial charge >= 0.3 is 5.97 Å². The van der Waals surface area contributed by atoms with E-state index in [1.807, 2.05) is 6.92 Å². The van der Waals surface area contributed by atoms with Gasteiger partial charge in [-0.05, 0) is 49.2 Å². The van der Waals surface area contributed by atoms with Gasteiger partial charge in [-0.1, -0.05) is 19.4 Å². The van der Waals surface area contributed by atoms with Crippen LogP contribution in [0, 0.1) is 12.7 Å². The van der Waals surface area contributed by atoms with Crippen molar-refractivity contribution in [2.45, 2.75) is 26.7 Å². The van der Waals surface area contributed by atoms with E-state index in [2.05, 4.69) is 5.32 Å².